The van der Waals surface area contributed by atoms with Gasteiger partial charge in [0.05, 0.1) is 0 Å². The Morgan fingerprint density at radius 2 is 1.90 bits per heavy atom. The minimum absolute atomic E-state index is 0.197. The van der Waals surface area contributed by atoms with Gasteiger partial charge in [0, 0.05) is 18.2 Å². The highest BCUT2D eigenvalue weighted by atomic mass is 14.8. The second-order valence-electron chi connectivity index (χ2n) is 3.32. The normalized spacial score (nSPS) is 13.0. The molecule has 0 rings (SSSR count). The zero-order valence-electron chi connectivity index (χ0n) is 7.36. The van der Waals surface area contributed by atoms with E-state index in [0.29, 0.717) is 0 Å². The van der Waals surface area contributed by atoms with Gasteiger partial charge < -0.3 is 5.32 Å². The van der Waals surface area contributed by atoms with Gasteiger partial charge >= 0.3 is 0 Å². The van der Waals surface area contributed by atoms with Crippen molar-refractivity contribution >= 4 is 0 Å². The van der Waals surface area contributed by atoms with Crippen LogP contribution in [0.2, 0.25) is 0 Å². The van der Waals surface area contributed by atoms with Gasteiger partial charge in [-0.1, -0.05) is 33.4 Å². The van der Waals surface area contributed by atoms with E-state index >= 15 is 0 Å². The second kappa shape index (κ2) is 3.45. The average Bonchev–Trinajstić information content (AvgIpc) is 1.80. The molecule has 0 atom stereocenters. The molecule has 0 heterocycles. The number of rotatable bonds is 2. The van der Waals surface area contributed by atoms with Gasteiger partial charge in [-0.25, -0.2) is 0 Å². The Hall–Kier alpha value is -0.720. The van der Waals surface area contributed by atoms with Crippen molar-refractivity contribution in [1.82, 2.24) is 5.32 Å². The summed E-state index contributed by atoms with van der Waals surface area (Å²) in [5.74, 6) is 0. The van der Waals surface area contributed by atoms with Crippen LogP contribution < -0.4 is 5.32 Å². The summed E-state index contributed by atoms with van der Waals surface area (Å²) in [6.07, 6.45) is 3.80. The van der Waals surface area contributed by atoms with Crippen molar-refractivity contribution in [3.63, 3.8) is 0 Å². The zero-order chi connectivity index (χ0) is 8.20. The first-order valence-electron chi connectivity index (χ1n) is 3.53. The predicted molar refractivity (Wildman–Crippen MR) is 46.8 cm³/mol. The standard InChI is InChI=1S/C9H17N/c1-6-7-8(10-5)9(2,3)4/h6-7,10H,1H2,2-5H3/b8-7-. The molecule has 0 aromatic heterocycles. The van der Waals surface area contributed by atoms with Crippen LogP contribution in [0.4, 0.5) is 0 Å². The first-order valence-corrected chi connectivity index (χ1v) is 3.53. The van der Waals surface area contributed by atoms with E-state index < -0.39 is 0 Å². The van der Waals surface area contributed by atoms with E-state index in [4.69, 9.17) is 0 Å². The summed E-state index contributed by atoms with van der Waals surface area (Å²) >= 11 is 0. The monoisotopic (exact) mass is 139 g/mol. The molecule has 0 amide bonds. The van der Waals surface area contributed by atoms with Crippen LogP contribution in [0.1, 0.15) is 20.8 Å². The van der Waals surface area contributed by atoms with E-state index in [1.807, 2.05) is 13.1 Å². The number of nitrogens with one attached hydrogen (secondary N) is 1. The summed E-state index contributed by atoms with van der Waals surface area (Å²) in [6.45, 7) is 10.1. The number of allylic oxidation sites excluding steroid dienone is 3. The average molecular weight is 139 g/mol. The van der Waals surface area contributed by atoms with Gasteiger partial charge in [-0.15, -0.1) is 0 Å². The van der Waals surface area contributed by atoms with Gasteiger partial charge in [0.1, 0.15) is 0 Å². The molecular weight excluding hydrogens is 122 g/mol. The fourth-order valence-electron chi connectivity index (χ4n) is 0.826. The Morgan fingerprint density at radius 3 is 2.00 bits per heavy atom. The highest BCUT2D eigenvalue weighted by Gasteiger charge is 2.13. The Bertz CT molecular complexity index is 137. The molecule has 1 nitrogen and oxygen atoms in total. The first kappa shape index (κ1) is 9.28. The van der Waals surface area contributed by atoms with Crippen LogP contribution in [0.25, 0.3) is 0 Å². The summed E-state index contributed by atoms with van der Waals surface area (Å²) in [6, 6.07) is 0. The van der Waals surface area contributed by atoms with Crippen molar-refractivity contribution < 1.29 is 0 Å². The number of hydrogen-bond donors (Lipinski definition) is 1. The molecule has 1 heteroatoms. The highest BCUT2D eigenvalue weighted by Crippen LogP contribution is 2.21. The van der Waals surface area contributed by atoms with Crippen LogP contribution >= 0.6 is 0 Å². The van der Waals surface area contributed by atoms with Crippen LogP contribution in [0, 0.1) is 5.41 Å². The van der Waals surface area contributed by atoms with Gasteiger partial charge in [0.2, 0.25) is 0 Å². The molecule has 1 N–H and O–H groups in total. The topological polar surface area (TPSA) is 12.0 Å². The van der Waals surface area contributed by atoms with Crippen LogP contribution in [-0.2, 0) is 0 Å². The molecule has 0 aromatic rings. The molecule has 0 fully saturated rings. The first-order chi connectivity index (χ1) is 4.52. The molecule has 0 radical (unpaired) electrons. The molecule has 10 heavy (non-hydrogen) atoms. The van der Waals surface area contributed by atoms with Crippen LogP contribution in [0.3, 0.4) is 0 Å². The molecule has 0 aliphatic carbocycles. The smallest absolute Gasteiger partial charge is 0.0158 e. The van der Waals surface area contributed by atoms with Crippen LogP contribution in [0.15, 0.2) is 24.4 Å². The van der Waals surface area contributed by atoms with Gasteiger partial charge in [-0.05, 0) is 6.08 Å². The summed E-state index contributed by atoms with van der Waals surface area (Å²) in [5.41, 5.74) is 1.41. The van der Waals surface area contributed by atoms with E-state index in [1.165, 1.54) is 5.70 Å². The fraction of sp³-hybridized carbons (Fsp3) is 0.556. The molecule has 58 valence electrons. The lowest BCUT2D eigenvalue weighted by atomic mass is 9.92. The Labute approximate surface area is 63.8 Å². The highest BCUT2D eigenvalue weighted by molar-refractivity contribution is 5.14. The third kappa shape index (κ3) is 2.72. The molecular formula is C9H17N. The van der Waals surface area contributed by atoms with Crippen molar-refractivity contribution in [2.75, 3.05) is 7.05 Å². The summed E-state index contributed by atoms with van der Waals surface area (Å²) in [5, 5.41) is 3.13. The van der Waals surface area contributed by atoms with Gasteiger partial charge in [0.25, 0.3) is 0 Å². The summed E-state index contributed by atoms with van der Waals surface area (Å²) in [7, 11) is 1.93. The molecule has 0 saturated carbocycles. The van der Waals surface area contributed by atoms with E-state index in [9.17, 15) is 0 Å². The van der Waals surface area contributed by atoms with Crippen molar-refractivity contribution in [2.45, 2.75) is 20.8 Å². The van der Waals surface area contributed by atoms with Gasteiger partial charge in [0.15, 0.2) is 0 Å². The maximum Gasteiger partial charge on any atom is 0.0158 e. The molecule has 0 spiro atoms. The number of hydrogen-bond acceptors (Lipinski definition) is 1. The summed E-state index contributed by atoms with van der Waals surface area (Å²) in [4.78, 5) is 0. The van der Waals surface area contributed by atoms with Crippen molar-refractivity contribution in [3.8, 4) is 0 Å². The van der Waals surface area contributed by atoms with E-state index in [1.54, 1.807) is 6.08 Å². The molecule has 0 aliphatic rings. The van der Waals surface area contributed by atoms with Crippen molar-refractivity contribution in [1.29, 1.82) is 0 Å². The van der Waals surface area contributed by atoms with E-state index in [-0.39, 0.29) is 5.41 Å². The second-order valence-corrected chi connectivity index (χ2v) is 3.32. The molecule has 0 bridgehead atoms. The van der Waals surface area contributed by atoms with Gasteiger partial charge in [-0.2, -0.15) is 0 Å². The third-order valence-corrected chi connectivity index (χ3v) is 1.36. The van der Waals surface area contributed by atoms with Gasteiger partial charge in [-0.3, -0.25) is 0 Å². The maximum atomic E-state index is 3.65. The lowest BCUT2D eigenvalue weighted by Crippen LogP contribution is -2.20. The molecule has 0 saturated heterocycles. The Balaban J connectivity index is 4.35. The quantitative estimate of drug-likeness (QED) is 0.579. The minimum atomic E-state index is 0.197. The predicted octanol–water partition coefficient (Wildman–Crippen LogP) is 2.32. The van der Waals surface area contributed by atoms with E-state index in [0.717, 1.165) is 0 Å². The SMILES string of the molecule is C=C/C=C(\NC)C(C)(C)C. The van der Waals surface area contributed by atoms with Crippen LogP contribution in [-0.4, -0.2) is 7.05 Å². The fourth-order valence-corrected chi connectivity index (χ4v) is 0.826. The van der Waals surface area contributed by atoms with Crippen molar-refractivity contribution in [2.24, 2.45) is 5.41 Å². The Morgan fingerprint density at radius 1 is 1.40 bits per heavy atom. The maximum absolute atomic E-state index is 3.65. The Kier molecular flexibility index (Phi) is 3.20. The van der Waals surface area contributed by atoms with Crippen LogP contribution in [0.5, 0.6) is 0 Å². The summed E-state index contributed by atoms with van der Waals surface area (Å²) < 4.78 is 0. The molecule has 0 aliphatic heterocycles. The molecule has 0 aromatic carbocycles. The molecule has 0 unspecified atom stereocenters. The lowest BCUT2D eigenvalue weighted by Gasteiger charge is -2.22. The lowest BCUT2D eigenvalue weighted by molar-refractivity contribution is 0.473. The van der Waals surface area contributed by atoms with E-state index in [2.05, 4.69) is 32.7 Å². The zero-order valence-corrected chi connectivity index (χ0v) is 7.36. The third-order valence-electron chi connectivity index (χ3n) is 1.36. The minimum Gasteiger partial charge on any atom is -0.391 e. The largest absolute Gasteiger partial charge is 0.391 e. The van der Waals surface area contributed by atoms with Crippen molar-refractivity contribution in [3.05, 3.63) is 24.4 Å².